The van der Waals surface area contributed by atoms with Crippen LogP contribution < -0.4 is 5.73 Å². The van der Waals surface area contributed by atoms with E-state index >= 15 is 0 Å². The van der Waals surface area contributed by atoms with Crippen LogP contribution in [0.4, 0.5) is 5.13 Å². The van der Waals surface area contributed by atoms with Crippen molar-refractivity contribution in [2.75, 3.05) is 25.9 Å². The third kappa shape index (κ3) is 3.22. The molecule has 0 amide bonds. The molecule has 1 aromatic rings. The first kappa shape index (κ1) is 13.8. The van der Waals surface area contributed by atoms with E-state index in [-0.39, 0.29) is 0 Å². The van der Waals surface area contributed by atoms with Gasteiger partial charge in [0.05, 0.1) is 0 Å². The highest BCUT2D eigenvalue weighted by molar-refractivity contribution is 7.15. The second-order valence-corrected chi connectivity index (χ2v) is 6.38. The lowest BCUT2D eigenvalue weighted by atomic mass is 9.97. The Morgan fingerprint density at radius 2 is 2.39 bits per heavy atom. The number of nitrogens with zero attached hydrogens (tertiary/aromatic N) is 3. The van der Waals surface area contributed by atoms with E-state index in [1.54, 1.807) is 11.3 Å². The van der Waals surface area contributed by atoms with Crippen LogP contribution in [-0.2, 0) is 6.54 Å². The highest BCUT2D eigenvalue weighted by atomic mass is 32.1. The van der Waals surface area contributed by atoms with Crippen LogP contribution in [0.15, 0.2) is 6.20 Å². The van der Waals surface area contributed by atoms with Crippen LogP contribution in [0.3, 0.4) is 0 Å². The van der Waals surface area contributed by atoms with E-state index in [2.05, 4.69) is 35.7 Å². The van der Waals surface area contributed by atoms with Crippen LogP contribution in [0.25, 0.3) is 0 Å². The topological polar surface area (TPSA) is 45.4 Å². The fourth-order valence-electron chi connectivity index (χ4n) is 2.84. The summed E-state index contributed by atoms with van der Waals surface area (Å²) in [4.78, 5) is 10.4. The molecule has 0 aliphatic carbocycles. The summed E-state index contributed by atoms with van der Waals surface area (Å²) in [5, 5.41) is 0.674. The molecule has 2 unspecified atom stereocenters. The molecule has 2 N–H and O–H groups in total. The highest BCUT2D eigenvalue weighted by Gasteiger charge is 2.26. The van der Waals surface area contributed by atoms with Gasteiger partial charge in [-0.2, -0.15) is 0 Å². The van der Waals surface area contributed by atoms with Crippen LogP contribution in [0.1, 0.15) is 31.6 Å². The van der Waals surface area contributed by atoms with Crippen LogP contribution in [0.2, 0.25) is 0 Å². The van der Waals surface area contributed by atoms with Gasteiger partial charge < -0.3 is 10.6 Å². The number of thiazole rings is 1. The molecule has 2 atom stereocenters. The Hall–Kier alpha value is -0.650. The fourth-order valence-corrected chi connectivity index (χ4v) is 3.58. The van der Waals surface area contributed by atoms with Gasteiger partial charge in [-0.1, -0.05) is 6.92 Å². The molecule has 5 heteroatoms. The van der Waals surface area contributed by atoms with Crippen molar-refractivity contribution in [3.63, 3.8) is 0 Å². The maximum atomic E-state index is 5.67. The molecular formula is C13H24N4S. The summed E-state index contributed by atoms with van der Waals surface area (Å²) in [5.74, 6) is 0. The van der Waals surface area contributed by atoms with E-state index in [1.165, 1.54) is 30.8 Å². The van der Waals surface area contributed by atoms with Crippen LogP contribution >= 0.6 is 11.3 Å². The largest absolute Gasteiger partial charge is 0.375 e. The molecule has 1 aromatic heterocycles. The van der Waals surface area contributed by atoms with E-state index in [9.17, 15) is 0 Å². The van der Waals surface area contributed by atoms with Crippen molar-refractivity contribution < 1.29 is 0 Å². The summed E-state index contributed by atoms with van der Waals surface area (Å²) in [7, 11) is 2.22. The third-order valence-corrected chi connectivity index (χ3v) is 4.80. The summed E-state index contributed by atoms with van der Waals surface area (Å²) in [6.45, 7) is 7.95. The average Bonchev–Trinajstić information content (AvgIpc) is 2.74. The van der Waals surface area contributed by atoms with E-state index in [0.29, 0.717) is 17.2 Å². The second-order valence-electron chi connectivity index (χ2n) is 5.24. The van der Waals surface area contributed by atoms with Crippen molar-refractivity contribution in [2.45, 2.75) is 45.3 Å². The number of hydrogen-bond donors (Lipinski definition) is 1. The van der Waals surface area contributed by atoms with Crippen molar-refractivity contribution in [2.24, 2.45) is 0 Å². The van der Waals surface area contributed by atoms with E-state index < -0.39 is 0 Å². The predicted octanol–water partition coefficient (Wildman–Crippen LogP) is 2.03. The normalized spacial score (nSPS) is 25.8. The molecule has 1 fully saturated rings. The van der Waals surface area contributed by atoms with E-state index in [0.717, 1.165) is 6.54 Å². The maximum absolute atomic E-state index is 5.67. The smallest absolute Gasteiger partial charge is 0.180 e. The van der Waals surface area contributed by atoms with E-state index in [4.69, 9.17) is 5.73 Å². The standard InChI is InChI=1S/C13H24N4S/c1-4-17-6-5-11(7-10(17)2)16(3)9-12-8-15-13(14)18-12/h8,10-11H,4-7,9H2,1-3H3,(H2,14,15). The predicted molar refractivity (Wildman–Crippen MR) is 77.7 cm³/mol. The van der Waals surface area contributed by atoms with Gasteiger partial charge in [0, 0.05) is 29.7 Å². The maximum Gasteiger partial charge on any atom is 0.180 e. The Bertz CT molecular complexity index is 379. The molecule has 1 aliphatic heterocycles. The molecule has 2 heterocycles. The van der Waals surface area contributed by atoms with Gasteiger partial charge in [0.1, 0.15) is 0 Å². The lowest BCUT2D eigenvalue weighted by Gasteiger charge is -2.40. The summed E-state index contributed by atoms with van der Waals surface area (Å²) in [5.41, 5.74) is 5.67. The molecule has 1 aliphatic rings. The Morgan fingerprint density at radius 1 is 1.61 bits per heavy atom. The zero-order chi connectivity index (χ0) is 13.1. The number of nitrogens with two attached hydrogens (primary N) is 1. The summed E-state index contributed by atoms with van der Waals surface area (Å²) < 4.78 is 0. The number of nitrogen functional groups attached to an aromatic ring is 1. The molecule has 0 bridgehead atoms. The van der Waals surface area contributed by atoms with Crippen molar-refractivity contribution in [3.05, 3.63) is 11.1 Å². The minimum Gasteiger partial charge on any atom is -0.375 e. The SMILES string of the molecule is CCN1CCC(N(C)Cc2cnc(N)s2)CC1C. The Kier molecular flexibility index (Phi) is 4.59. The number of anilines is 1. The van der Waals surface area contributed by atoms with Gasteiger partial charge in [-0.25, -0.2) is 4.98 Å². The monoisotopic (exact) mass is 268 g/mol. The summed E-state index contributed by atoms with van der Waals surface area (Å²) in [6, 6.07) is 1.38. The van der Waals surface area contributed by atoms with Crippen molar-refractivity contribution >= 4 is 16.5 Å². The Morgan fingerprint density at radius 3 is 2.94 bits per heavy atom. The van der Waals surface area contributed by atoms with Gasteiger partial charge in [0.25, 0.3) is 0 Å². The van der Waals surface area contributed by atoms with Gasteiger partial charge in [-0.15, -0.1) is 11.3 Å². The number of piperidine rings is 1. The highest BCUT2D eigenvalue weighted by Crippen LogP contribution is 2.23. The molecule has 0 radical (unpaired) electrons. The first-order chi connectivity index (χ1) is 8.60. The molecule has 102 valence electrons. The lowest BCUT2D eigenvalue weighted by molar-refractivity contribution is 0.0868. The molecule has 2 rings (SSSR count). The zero-order valence-electron chi connectivity index (χ0n) is 11.6. The lowest BCUT2D eigenvalue weighted by Crippen LogP contribution is -2.47. The Balaban J connectivity index is 1.88. The van der Waals surface area contributed by atoms with Gasteiger partial charge >= 0.3 is 0 Å². The van der Waals surface area contributed by atoms with Gasteiger partial charge in [0.2, 0.25) is 0 Å². The minimum absolute atomic E-state index is 0.674. The molecule has 0 aromatic carbocycles. The molecule has 0 saturated carbocycles. The second kappa shape index (κ2) is 5.99. The first-order valence-electron chi connectivity index (χ1n) is 6.74. The zero-order valence-corrected chi connectivity index (χ0v) is 12.4. The Labute approximate surface area is 114 Å². The van der Waals surface area contributed by atoms with Crippen LogP contribution in [0, 0.1) is 0 Å². The van der Waals surface area contributed by atoms with Crippen molar-refractivity contribution in [1.82, 2.24) is 14.8 Å². The van der Waals surface area contributed by atoms with Gasteiger partial charge in [0.15, 0.2) is 5.13 Å². The number of hydrogen-bond acceptors (Lipinski definition) is 5. The average molecular weight is 268 g/mol. The minimum atomic E-state index is 0.674. The van der Waals surface area contributed by atoms with E-state index in [1.807, 2.05) is 6.20 Å². The number of aromatic nitrogens is 1. The number of likely N-dealkylation sites (tertiary alicyclic amines) is 1. The first-order valence-corrected chi connectivity index (χ1v) is 7.56. The summed E-state index contributed by atoms with van der Waals surface area (Å²) in [6.07, 6.45) is 4.43. The molecular weight excluding hydrogens is 244 g/mol. The molecule has 4 nitrogen and oxygen atoms in total. The van der Waals surface area contributed by atoms with Crippen LogP contribution in [-0.4, -0.2) is 47.0 Å². The molecule has 0 spiro atoms. The van der Waals surface area contributed by atoms with Gasteiger partial charge in [-0.3, -0.25) is 4.90 Å². The molecule has 1 saturated heterocycles. The summed E-state index contributed by atoms with van der Waals surface area (Å²) >= 11 is 1.60. The van der Waals surface area contributed by atoms with Gasteiger partial charge in [-0.05, 0) is 39.9 Å². The fraction of sp³-hybridized carbons (Fsp3) is 0.769. The molecule has 18 heavy (non-hydrogen) atoms. The van der Waals surface area contributed by atoms with Crippen LogP contribution in [0.5, 0.6) is 0 Å². The quantitative estimate of drug-likeness (QED) is 0.907. The van der Waals surface area contributed by atoms with Crippen molar-refractivity contribution in [3.8, 4) is 0 Å². The third-order valence-electron chi connectivity index (χ3n) is 3.99. The number of rotatable bonds is 4. The van der Waals surface area contributed by atoms with Crippen molar-refractivity contribution in [1.29, 1.82) is 0 Å².